The van der Waals surface area contributed by atoms with Gasteiger partial charge in [-0.05, 0) is 53.4 Å². The first-order valence-corrected chi connectivity index (χ1v) is 11.2. The molecule has 0 bridgehead atoms. The zero-order chi connectivity index (χ0) is 22.2. The van der Waals surface area contributed by atoms with E-state index < -0.39 is 0 Å². The number of nitrogens with zero attached hydrogens (tertiary/aromatic N) is 2. The first-order chi connectivity index (χ1) is 15.5. The Morgan fingerprint density at radius 1 is 1.03 bits per heavy atom. The Kier molecular flexibility index (Phi) is 5.07. The molecule has 158 valence electrons. The summed E-state index contributed by atoms with van der Waals surface area (Å²) in [6.07, 6.45) is 1.45. The fourth-order valence-electron chi connectivity index (χ4n) is 3.86. The molecule has 5 nitrogen and oxygen atoms in total. The van der Waals surface area contributed by atoms with Gasteiger partial charge in [0.1, 0.15) is 11.4 Å². The van der Waals surface area contributed by atoms with Gasteiger partial charge in [0.05, 0.1) is 11.7 Å². The molecule has 5 aromatic rings. The predicted octanol–water partition coefficient (Wildman–Crippen LogP) is 5.53. The van der Waals surface area contributed by atoms with Gasteiger partial charge in [0.15, 0.2) is 0 Å². The normalized spacial score (nSPS) is 11.2. The maximum atomic E-state index is 13.3. The van der Waals surface area contributed by atoms with Crippen molar-refractivity contribution in [1.29, 1.82) is 0 Å². The van der Waals surface area contributed by atoms with E-state index in [0.29, 0.717) is 10.2 Å². The third kappa shape index (κ3) is 3.69. The van der Waals surface area contributed by atoms with Crippen LogP contribution in [0.2, 0.25) is 0 Å². The second-order valence-electron chi connectivity index (χ2n) is 7.94. The molecule has 0 saturated heterocycles. The number of rotatable bonds is 4. The quantitative estimate of drug-likeness (QED) is 0.400. The molecule has 6 heteroatoms. The number of aryl methyl sites for hydroxylation is 2. The Bertz CT molecular complexity index is 1550. The number of anilines is 1. The summed E-state index contributed by atoms with van der Waals surface area (Å²) in [5.41, 5.74) is 4.38. The molecule has 0 aliphatic carbocycles. The lowest BCUT2D eigenvalue weighted by Gasteiger charge is -2.10. The minimum absolute atomic E-state index is 0.0951. The number of hydrogen-bond donors (Lipinski definition) is 1. The fourth-order valence-corrected chi connectivity index (χ4v) is 4.77. The lowest BCUT2D eigenvalue weighted by Crippen LogP contribution is -2.28. The number of nitrogens with one attached hydrogen (secondary N) is 1. The van der Waals surface area contributed by atoms with Crippen molar-refractivity contribution >= 4 is 43.9 Å². The number of amides is 1. The molecular formula is C26H21N3O2S. The fraction of sp³-hybridized carbons (Fsp3) is 0.115. The largest absolute Gasteiger partial charge is 0.324 e. The van der Waals surface area contributed by atoms with Crippen LogP contribution in [0.15, 0.2) is 77.2 Å². The molecule has 1 amide bonds. The Balaban J connectivity index is 1.50. The van der Waals surface area contributed by atoms with E-state index in [1.165, 1.54) is 22.2 Å². The number of aromatic nitrogens is 2. The van der Waals surface area contributed by atoms with E-state index in [4.69, 9.17) is 0 Å². The second kappa shape index (κ2) is 8.05. The van der Waals surface area contributed by atoms with Crippen LogP contribution in [0.5, 0.6) is 0 Å². The predicted molar refractivity (Wildman–Crippen MR) is 131 cm³/mol. The van der Waals surface area contributed by atoms with Crippen LogP contribution >= 0.6 is 11.3 Å². The van der Waals surface area contributed by atoms with Crippen molar-refractivity contribution in [3.63, 3.8) is 0 Å². The smallest absolute Gasteiger partial charge is 0.263 e. The van der Waals surface area contributed by atoms with Crippen LogP contribution < -0.4 is 10.9 Å². The summed E-state index contributed by atoms with van der Waals surface area (Å²) >= 11 is 1.44. The van der Waals surface area contributed by atoms with Crippen LogP contribution in [0.3, 0.4) is 0 Å². The highest BCUT2D eigenvalue weighted by molar-refractivity contribution is 7.17. The molecule has 2 heterocycles. The molecule has 0 aliphatic rings. The van der Waals surface area contributed by atoms with Crippen molar-refractivity contribution in [2.24, 2.45) is 0 Å². The van der Waals surface area contributed by atoms with Gasteiger partial charge in [0, 0.05) is 16.6 Å². The van der Waals surface area contributed by atoms with Crippen molar-refractivity contribution in [1.82, 2.24) is 9.55 Å². The summed E-state index contributed by atoms with van der Waals surface area (Å²) in [6, 6.07) is 20.2. The molecule has 1 N–H and O–H groups in total. The van der Waals surface area contributed by atoms with E-state index >= 15 is 0 Å². The van der Waals surface area contributed by atoms with Crippen LogP contribution in [-0.4, -0.2) is 15.5 Å². The van der Waals surface area contributed by atoms with Crippen LogP contribution in [-0.2, 0) is 11.3 Å². The van der Waals surface area contributed by atoms with E-state index in [1.54, 1.807) is 0 Å². The zero-order valence-electron chi connectivity index (χ0n) is 17.8. The van der Waals surface area contributed by atoms with Crippen molar-refractivity contribution in [3.8, 4) is 11.1 Å². The Morgan fingerprint density at radius 2 is 1.84 bits per heavy atom. The molecule has 5 rings (SSSR count). The molecule has 0 unspecified atom stereocenters. The number of thiophene rings is 1. The summed E-state index contributed by atoms with van der Waals surface area (Å²) in [5, 5.41) is 7.68. The molecule has 0 spiro atoms. The molecule has 0 atom stereocenters. The van der Waals surface area contributed by atoms with Gasteiger partial charge in [-0.2, -0.15) is 0 Å². The van der Waals surface area contributed by atoms with Gasteiger partial charge in [0.2, 0.25) is 5.91 Å². The monoisotopic (exact) mass is 439 g/mol. The average Bonchev–Trinajstić information content (AvgIpc) is 3.23. The number of carbonyl (C=O) groups is 1. The van der Waals surface area contributed by atoms with Crippen molar-refractivity contribution in [3.05, 3.63) is 93.9 Å². The number of fused-ring (bicyclic) bond motifs is 2. The van der Waals surface area contributed by atoms with Crippen LogP contribution in [0.1, 0.15) is 11.1 Å². The maximum Gasteiger partial charge on any atom is 0.263 e. The first-order valence-electron chi connectivity index (χ1n) is 10.3. The second-order valence-corrected chi connectivity index (χ2v) is 8.79. The average molecular weight is 440 g/mol. The van der Waals surface area contributed by atoms with Gasteiger partial charge in [-0.1, -0.05) is 48.5 Å². The molecule has 0 radical (unpaired) electrons. The standard InChI is InChI=1S/C26H21N3O2S/c1-16-7-8-17(2)22(11-16)28-23(30)13-29-15-27-25-24(26(29)31)21(14-32-25)20-10-9-18-5-3-4-6-19(18)12-20/h3-12,14-15H,13H2,1-2H3,(H,28,30). The van der Waals surface area contributed by atoms with Gasteiger partial charge in [-0.3, -0.25) is 14.2 Å². The summed E-state index contributed by atoms with van der Waals surface area (Å²) in [6.45, 7) is 3.82. The SMILES string of the molecule is Cc1ccc(C)c(NC(=O)Cn2cnc3scc(-c4ccc5ccccc5c4)c3c2=O)c1. The van der Waals surface area contributed by atoms with Crippen LogP contribution in [0.25, 0.3) is 32.1 Å². The molecule has 3 aromatic carbocycles. The van der Waals surface area contributed by atoms with Crippen LogP contribution in [0.4, 0.5) is 5.69 Å². The van der Waals surface area contributed by atoms with Crippen LogP contribution in [0, 0.1) is 13.8 Å². The minimum Gasteiger partial charge on any atom is -0.324 e. The molecule has 2 aromatic heterocycles. The summed E-state index contributed by atoms with van der Waals surface area (Å²) in [4.78, 5) is 31.1. The Morgan fingerprint density at radius 3 is 2.69 bits per heavy atom. The van der Waals surface area contributed by atoms with Gasteiger partial charge in [-0.25, -0.2) is 4.98 Å². The third-order valence-electron chi connectivity index (χ3n) is 5.60. The molecule has 32 heavy (non-hydrogen) atoms. The summed E-state index contributed by atoms with van der Waals surface area (Å²) in [5.74, 6) is -0.260. The van der Waals surface area contributed by atoms with Gasteiger partial charge >= 0.3 is 0 Å². The van der Waals surface area contributed by atoms with Crippen molar-refractivity contribution in [2.45, 2.75) is 20.4 Å². The van der Waals surface area contributed by atoms with E-state index in [2.05, 4.69) is 34.6 Å². The number of carbonyl (C=O) groups excluding carboxylic acids is 1. The highest BCUT2D eigenvalue weighted by Crippen LogP contribution is 2.32. The Labute approximate surface area is 189 Å². The molecular weight excluding hydrogens is 418 g/mol. The summed E-state index contributed by atoms with van der Waals surface area (Å²) < 4.78 is 1.38. The lowest BCUT2D eigenvalue weighted by atomic mass is 10.0. The highest BCUT2D eigenvalue weighted by Gasteiger charge is 2.15. The van der Waals surface area contributed by atoms with E-state index in [9.17, 15) is 9.59 Å². The molecule has 0 saturated carbocycles. The maximum absolute atomic E-state index is 13.3. The topological polar surface area (TPSA) is 64.0 Å². The lowest BCUT2D eigenvalue weighted by molar-refractivity contribution is -0.116. The minimum atomic E-state index is -0.260. The van der Waals surface area contributed by atoms with E-state index in [0.717, 1.165) is 38.7 Å². The van der Waals surface area contributed by atoms with Crippen molar-refractivity contribution in [2.75, 3.05) is 5.32 Å². The Hall–Kier alpha value is -3.77. The summed E-state index contributed by atoms with van der Waals surface area (Å²) in [7, 11) is 0. The first kappa shape index (κ1) is 20.2. The molecule has 0 fully saturated rings. The number of hydrogen-bond acceptors (Lipinski definition) is 4. The van der Waals surface area contributed by atoms with E-state index in [-0.39, 0.29) is 18.0 Å². The van der Waals surface area contributed by atoms with Gasteiger partial charge in [0.25, 0.3) is 5.56 Å². The van der Waals surface area contributed by atoms with Gasteiger partial charge in [-0.15, -0.1) is 11.3 Å². The molecule has 0 aliphatic heterocycles. The highest BCUT2D eigenvalue weighted by atomic mass is 32.1. The van der Waals surface area contributed by atoms with E-state index in [1.807, 2.05) is 55.6 Å². The zero-order valence-corrected chi connectivity index (χ0v) is 18.6. The van der Waals surface area contributed by atoms with Crippen molar-refractivity contribution < 1.29 is 4.79 Å². The van der Waals surface area contributed by atoms with Gasteiger partial charge < -0.3 is 5.32 Å². The third-order valence-corrected chi connectivity index (χ3v) is 6.49. The number of benzene rings is 3.